The van der Waals surface area contributed by atoms with Crippen LogP contribution in [0.1, 0.15) is 12.6 Å². The Balaban J connectivity index is 2.26. The smallest absolute Gasteiger partial charge is 0.374 e. The van der Waals surface area contributed by atoms with Crippen molar-refractivity contribution in [2.24, 2.45) is 0 Å². The maximum absolute atomic E-state index is 12.0. The largest absolute Gasteiger partial charge is 0.582 e. The lowest BCUT2D eigenvalue weighted by Crippen LogP contribution is -2.39. The summed E-state index contributed by atoms with van der Waals surface area (Å²) in [4.78, 5) is 42.8. The van der Waals surface area contributed by atoms with Gasteiger partial charge < -0.3 is 19.3 Å². The Hall–Kier alpha value is -0.880. The molecule has 2 heterocycles. The van der Waals surface area contributed by atoms with Crippen molar-refractivity contribution < 1.29 is 37.4 Å². The van der Waals surface area contributed by atoms with Gasteiger partial charge in [0.25, 0.3) is 5.56 Å². The van der Waals surface area contributed by atoms with E-state index < -0.39 is 50.8 Å². The number of thiol groups is 1. The molecule has 0 aromatic carbocycles. The van der Waals surface area contributed by atoms with Crippen molar-refractivity contribution >= 4 is 27.3 Å². The predicted molar refractivity (Wildman–Crippen MR) is 90.1 cm³/mol. The van der Waals surface area contributed by atoms with Gasteiger partial charge in [-0.1, -0.05) is 0 Å². The van der Waals surface area contributed by atoms with Gasteiger partial charge >= 0.3 is 20.7 Å². The van der Waals surface area contributed by atoms with Gasteiger partial charge in [-0.05, 0) is 4.57 Å². The van der Waals surface area contributed by atoms with Crippen molar-refractivity contribution in [2.45, 2.75) is 31.0 Å². The molecule has 0 bridgehead atoms. The van der Waals surface area contributed by atoms with Gasteiger partial charge in [-0.25, -0.2) is 9.36 Å². The number of aromatic amines is 1. The van der Waals surface area contributed by atoms with E-state index in [1.165, 1.54) is 13.3 Å². The summed E-state index contributed by atoms with van der Waals surface area (Å²) < 4.78 is 43.8. The molecule has 1 aromatic rings. The molecule has 1 aliphatic heterocycles. The standard InChI is InChI=1S/C11H16N2O10P2S/c1-20-9-8(23-24(16)26)6(3-5-21-25(17,18)19)22-10(9)13-4-2-7(14)12-11(13)15/h2,4,6,8-10H,3,5H2,1H3,(H3-,12,14,15,16,17,18,19,26)/p+1/t6-,8?,9?,10-/m1/s1. The van der Waals surface area contributed by atoms with Gasteiger partial charge in [0.05, 0.1) is 12.7 Å². The topological polar surface area (TPSA) is 166 Å². The summed E-state index contributed by atoms with van der Waals surface area (Å²) in [6, 6.07) is 1.11. The monoisotopic (exact) mass is 431 g/mol. The van der Waals surface area contributed by atoms with Crippen LogP contribution in [0.4, 0.5) is 0 Å². The van der Waals surface area contributed by atoms with E-state index in [-0.39, 0.29) is 13.0 Å². The molecule has 3 unspecified atom stereocenters. The number of H-pyrrole nitrogens is 1. The van der Waals surface area contributed by atoms with Crippen LogP contribution in [-0.2, 0) is 27.7 Å². The minimum atomic E-state index is -4.67. The molecule has 0 spiro atoms. The summed E-state index contributed by atoms with van der Waals surface area (Å²) in [7, 11) is -5.72. The zero-order valence-corrected chi connectivity index (χ0v) is 16.0. The van der Waals surface area contributed by atoms with Crippen molar-refractivity contribution in [1.29, 1.82) is 0 Å². The second kappa shape index (κ2) is 8.87. The van der Waals surface area contributed by atoms with Crippen molar-refractivity contribution in [3.05, 3.63) is 33.1 Å². The molecule has 0 saturated carbocycles. The highest BCUT2D eigenvalue weighted by atomic mass is 32.7. The Labute approximate surface area is 152 Å². The minimum absolute atomic E-state index is 0.0544. The summed E-state index contributed by atoms with van der Waals surface area (Å²) in [5.41, 5.74) is -1.36. The molecule has 1 aromatic heterocycles. The fraction of sp³-hybridized carbons (Fsp3) is 0.636. The van der Waals surface area contributed by atoms with Gasteiger partial charge in [-0.15, -0.1) is 4.52 Å². The average Bonchev–Trinajstić information content (AvgIpc) is 2.83. The normalized spacial score (nSPS) is 26.8. The number of phosphoric acid groups is 1. The molecule has 0 aliphatic carbocycles. The quantitative estimate of drug-likeness (QED) is 0.323. The number of aromatic nitrogens is 2. The Morgan fingerprint density at radius 1 is 1.42 bits per heavy atom. The summed E-state index contributed by atoms with van der Waals surface area (Å²) in [6.45, 7) is -0.387. The van der Waals surface area contributed by atoms with E-state index in [0.717, 1.165) is 10.6 Å². The summed E-state index contributed by atoms with van der Waals surface area (Å²) in [6.07, 6.45) is -2.65. The second-order valence-electron chi connectivity index (χ2n) is 5.20. The number of rotatable bonds is 8. The van der Waals surface area contributed by atoms with Gasteiger partial charge in [0.15, 0.2) is 12.3 Å². The number of phosphoric ester groups is 1. The highest BCUT2D eigenvalue weighted by Crippen LogP contribution is 2.42. The third kappa shape index (κ3) is 5.56. The summed E-state index contributed by atoms with van der Waals surface area (Å²) >= 11 is 3.68. The van der Waals surface area contributed by atoms with Crippen LogP contribution in [0.15, 0.2) is 21.9 Å². The molecular formula is C11H17N2O10P2S+. The molecule has 5 atom stereocenters. The first-order valence-corrected chi connectivity index (χ1v) is 11.0. The first-order valence-electron chi connectivity index (χ1n) is 7.15. The van der Waals surface area contributed by atoms with Gasteiger partial charge in [0.1, 0.15) is 18.4 Å². The van der Waals surface area contributed by atoms with Crippen molar-refractivity contribution in [1.82, 2.24) is 9.55 Å². The van der Waals surface area contributed by atoms with E-state index in [4.69, 9.17) is 23.8 Å². The number of ether oxygens (including phenoxy) is 2. The van der Waals surface area contributed by atoms with Crippen LogP contribution in [0, 0.1) is 0 Å². The Morgan fingerprint density at radius 3 is 2.65 bits per heavy atom. The van der Waals surface area contributed by atoms with E-state index in [1.54, 1.807) is 0 Å². The van der Waals surface area contributed by atoms with Crippen molar-refractivity contribution in [2.75, 3.05) is 13.7 Å². The highest BCUT2D eigenvalue weighted by Gasteiger charge is 2.50. The molecule has 3 N–H and O–H groups in total. The number of methoxy groups -OCH3 is 1. The predicted octanol–water partition coefficient (Wildman–Crippen LogP) is -0.0792. The van der Waals surface area contributed by atoms with Gasteiger partial charge in [0, 0.05) is 25.8 Å². The van der Waals surface area contributed by atoms with E-state index in [2.05, 4.69) is 21.8 Å². The zero-order valence-electron chi connectivity index (χ0n) is 13.3. The van der Waals surface area contributed by atoms with E-state index in [9.17, 15) is 18.7 Å². The SMILES string of the molecule is COC1C(O[P+](=O)S)[C@@H](CCOP(=O)(O)O)O[C@H]1n1ccc(=O)[nH]c1=O. The van der Waals surface area contributed by atoms with Crippen molar-refractivity contribution in [3.63, 3.8) is 0 Å². The first kappa shape index (κ1) is 21.4. The van der Waals surface area contributed by atoms with Gasteiger partial charge in [-0.2, -0.15) is 0 Å². The van der Waals surface area contributed by atoms with E-state index >= 15 is 0 Å². The number of nitrogens with zero attached hydrogens (tertiary/aromatic N) is 1. The molecule has 1 fully saturated rings. The lowest BCUT2D eigenvalue weighted by molar-refractivity contribution is -0.0562. The van der Waals surface area contributed by atoms with Crippen LogP contribution >= 0.6 is 27.3 Å². The molecule has 2 rings (SSSR count). The maximum atomic E-state index is 12.0. The van der Waals surface area contributed by atoms with Crippen LogP contribution < -0.4 is 11.2 Å². The molecule has 0 amide bonds. The number of nitrogens with one attached hydrogen (secondary N) is 1. The average molecular weight is 431 g/mol. The zero-order chi connectivity index (χ0) is 19.5. The molecule has 15 heteroatoms. The highest BCUT2D eigenvalue weighted by molar-refractivity contribution is 8.39. The fourth-order valence-corrected chi connectivity index (χ4v) is 3.70. The Morgan fingerprint density at radius 2 is 2.12 bits per heavy atom. The third-order valence-corrected chi connectivity index (χ3v) is 4.78. The summed E-state index contributed by atoms with van der Waals surface area (Å²) in [5, 5.41) is 0. The third-order valence-electron chi connectivity index (χ3n) is 3.56. The Kier molecular flexibility index (Phi) is 7.31. The van der Waals surface area contributed by atoms with Crippen LogP contribution in [0.5, 0.6) is 0 Å². The molecule has 146 valence electrons. The van der Waals surface area contributed by atoms with Gasteiger partial charge in [0.2, 0.25) is 0 Å². The Bertz CT molecular complexity index is 807. The van der Waals surface area contributed by atoms with E-state index in [1.807, 2.05) is 0 Å². The molecule has 12 nitrogen and oxygen atoms in total. The lowest BCUT2D eigenvalue weighted by Gasteiger charge is -2.19. The maximum Gasteiger partial charge on any atom is 0.582 e. The molecule has 26 heavy (non-hydrogen) atoms. The van der Waals surface area contributed by atoms with Crippen LogP contribution in [0.2, 0.25) is 0 Å². The number of hydrogen-bond donors (Lipinski definition) is 4. The van der Waals surface area contributed by atoms with Crippen LogP contribution in [0.25, 0.3) is 0 Å². The summed E-state index contributed by atoms with van der Waals surface area (Å²) in [5.74, 6) is 0. The number of hydrogen-bond acceptors (Lipinski definition) is 8. The van der Waals surface area contributed by atoms with E-state index in [0.29, 0.717) is 0 Å². The second-order valence-corrected chi connectivity index (χ2v) is 8.11. The van der Waals surface area contributed by atoms with Gasteiger partial charge in [-0.3, -0.25) is 18.9 Å². The van der Waals surface area contributed by atoms with Crippen molar-refractivity contribution in [3.8, 4) is 0 Å². The molecule has 0 radical (unpaired) electrons. The fourth-order valence-electron chi connectivity index (χ4n) is 2.56. The molecule has 1 saturated heterocycles. The van der Waals surface area contributed by atoms with Crippen LogP contribution in [0.3, 0.4) is 0 Å². The minimum Gasteiger partial charge on any atom is -0.374 e. The molecule has 1 aliphatic rings. The first-order chi connectivity index (χ1) is 12.1. The lowest BCUT2D eigenvalue weighted by atomic mass is 10.1. The molecular weight excluding hydrogens is 414 g/mol. The van der Waals surface area contributed by atoms with Crippen LogP contribution in [-0.4, -0.2) is 51.4 Å².